The number of rotatable bonds is 4. The molecule has 0 saturated heterocycles. The number of pyridine rings is 1. The van der Waals surface area contributed by atoms with Gasteiger partial charge in [-0.15, -0.1) is 11.3 Å². The van der Waals surface area contributed by atoms with Crippen molar-refractivity contribution in [2.45, 2.75) is 6.92 Å². The molecule has 1 aromatic carbocycles. The Morgan fingerprint density at radius 2 is 1.88 bits per heavy atom. The Morgan fingerprint density at radius 3 is 2.67 bits per heavy atom. The van der Waals surface area contributed by atoms with Gasteiger partial charge in [0.25, 0.3) is 0 Å². The van der Waals surface area contributed by atoms with Gasteiger partial charge < -0.3 is 4.98 Å². The van der Waals surface area contributed by atoms with Crippen molar-refractivity contribution in [3.8, 4) is 33.2 Å². The lowest BCUT2D eigenvalue weighted by Crippen LogP contribution is -1.93. The smallest absolute Gasteiger partial charge is 0.169 e. The van der Waals surface area contributed by atoms with Crippen molar-refractivity contribution in [1.29, 1.82) is 0 Å². The molecule has 33 heavy (non-hydrogen) atoms. The summed E-state index contributed by atoms with van der Waals surface area (Å²) in [7, 11) is 0. The predicted octanol–water partition coefficient (Wildman–Crippen LogP) is 5.03. The van der Waals surface area contributed by atoms with Gasteiger partial charge in [-0.2, -0.15) is 5.10 Å². The van der Waals surface area contributed by atoms with Crippen molar-refractivity contribution < 1.29 is 9.18 Å². The number of aromatic nitrogens is 7. The maximum Gasteiger partial charge on any atom is 0.169 e. The first-order chi connectivity index (χ1) is 16.1. The number of aromatic amines is 2. The lowest BCUT2D eigenvalue weighted by molar-refractivity contribution is 0.102. The summed E-state index contributed by atoms with van der Waals surface area (Å²) in [5, 5.41) is 7.42. The Morgan fingerprint density at radius 1 is 1.03 bits per heavy atom. The van der Waals surface area contributed by atoms with Gasteiger partial charge in [-0.25, -0.2) is 19.3 Å². The minimum Gasteiger partial charge on any atom is -0.337 e. The first-order valence-electron chi connectivity index (χ1n) is 9.98. The van der Waals surface area contributed by atoms with Crippen LogP contribution in [0.25, 0.3) is 55.2 Å². The van der Waals surface area contributed by atoms with Crippen LogP contribution in [0, 0.1) is 5.82 Å². The molecule has 0 radical (unpaired) electrons. The van der Waals surface area contributed by atoms with Crippen LogP contribution in [0.2, 0.25) is 0 Å². The highest BCUT2D eigenvalue weighted by molar-refractivity contribution is 7.17. The Hall–Kier alpha value is -4.31. The number of hydrogen-bond donors (Lipinski definition) is 2. The highest BCUT2D eigenvalue weighted by Crippen LogP contribution is 2.36. The average molecular weight is 455 g/mol. The first-order valence-corrected chi connectivity index (χ1v) is 10.8. The summed E-state index contributed by atoms with van der Waals surface area (Å²) in [6.07, 6.45) is 5.92. The molecule has 6 aromatic rings. The topological polar surface area (TPSA) is 113 Å². The monoisotopic (exact) mass is 455 g/mol. The van der Waals surface area contributed by atoms with Crippen molar-refractivity contribution in [1.82, 2.24) is 35.1 Å². The number of hydrogen-bond acceptors (Lipinski definition) is 7. The Bertz CT molecular complexity index is 1670. The number of carbonyl (C=O) groups is 1. The highest BCUT2D eigenvalue weighted by Gasteiger charge is 2.21. The molecular weight excluding hydrogens is 441 g/mol. The SMILES string of the molecule is CC(=O)c1ccc(-c2cccc3[nH]c(-c4n[nH]c5cnc(-c6cncnc6)c(F)c45)nc23)s1. The van der Waals surface area contributed by atoms with Gasteiger partial charge in [0.1, 0.15) is 17.7 Å². The quantitative estimate of drug-likeness (QED) is 0.361. The first kappa shape index (κ1) is 19.4. The second-order valence-corrected chi connectivity index (χ2v) is 8.50. The number of Topliss-reactive ketones (excluding diaryl/α,β-unsaturated/α-hetero) is 1. The third-order valence-electron chi connectivity index (χ3n) is 5.33. The van der Waals surface area contributed by atoms with Crippen molar-refractivity contribution in [3.05, 3.63) is 65.9 Å². The molecule has 10 heteroatoms. The van der Waals surface area contributed by atoms with Gasteiger partial charge in [0.05, 0.1) is 33.0 Å². The fourth-order valence-corrected chi connectivity index (χ4v) is 4.71. The van der Waals surface area contributed by atoms with Gasteiger partial charge in [0, 0.05) is 28.4 Å². The molecule has 160 valence electrons. The van der Waals surface area contributed by atoms with E-state index in [4.69, 9.17) is 4.98 Å². The molecule has 0 fully saturated rings. The summed E-state index contributed by atoms with van der Waals surface area (Å²) >= 11 is 1.41. The second-order valence-electron chi connectivity index (χ2n) is 7.42. The molecule has 0 unspecified atom stereocenters. The minimum absolute atomic E-state index is 0.0211. The molecule has 0 aliphatic heterocycles. The molecule has 0 aliphatic rings. The molecule has 0 saturated carbocycles. The number of nitrogens with zero attached hydrogens (tertiary/aromatic N) is 5. The summed E-state index contributed by atoms with van der Waals surface area (Å²) in [5.74, 6) is -0.0867. The average Bonchev–Trinajstić information content (AvgIpc) is 3.57. The maximum absolute atomic E-state index is 15.6. The van der Waals surface area contributed by atoms with E-state index in [-0.39, 0.29) is 16.9 Å². The van der Waals surface area contributed by atoms with Crippen molar-refractivity contribution in [2.75, 3.05) is 0 Å². The lowest BCUT2D eigenvalue weighted by atomic mass is 10.1. The highest BCUT2D eigenvalue weighted by atomic mass is 32.1. The summed E-state index contributed by atoms with van der Waals surface area (Å²) in [6.45, 7) is 1.55. The number of fused-ring (bicyclic) bond motifs is 2. The van der Waals surface area contributed by atoms with Crippen LogP contribution in [0.4, 0.5) is 4.39 Å². The van der Waals surface area contributed by atoms with Gasteiger partial charge in [-0.1, -0.05) is 12.1 Å². The van der Waals surface area contributed by atoms with Crippen LogP contribution in [-0.2, 0) is 0 Å². The fourth-order valence-electron chi connectivity index (χ4n) is 3.78. The number of para-hydroxylation sites is 1. The second kappa shape index (κ2) is 7.38. The van der Waals surface area contributed by atoms with Crippen LogP contribution in [0.1, 0.15) is 16.6 Å². The predicted molar refractivity (Wildman–Crippen MR) is 123 cm³/mol. The molecule has 5 aromatic heterocycles. The van der Waals surface area contributed by atoms with E-state index in [9.17, 15) is 4.79 Å². The molecular formula is C23H14FN7OS. The lowest BCUT2D eigenvalue weighted by Gasteiger charge is -2.03. The number of benzene rings is 1. The largest absolute Gasteiger partial charge is 0.337 e. The normalized spacial score (nSPS) is 11.5. The molecule has 0 aliphatic carbocycles. The zero-order chi connectivity index (χ0) is 22.5. The van der Waals surface area contributed by atoms with Gasteiger partial charge in [0.15, 0.2) is 17.4 Å². The van der Waals surface area contributed by atoms with Crippen LogP contribution in [0.15, 0.2) is 55.2 Å². The summed E-state index contributed by atoms with van der Waals surface area (Å²) in [6, 6.07) is 9.48. The van der Waals surface area contributed by atoms with E-state index in [2.05, 4.69) is 30.1 Å². The van der Waals surface area contributed by atoms with Gasteiger partial charge in [0.2, 0.25) is 0 Å². The molecule has 8 nitrogen and oxygen atoms in total. The van der Waals surface area contributed by atoms with E-state index >= 15 is 4.39 Å². The van der Waals surface area contributed by atoms with E-state index in [0.29, 0.717) is 33.0 Å². The van der Waals surface area contributed by atoms with E-state index in [1.54, 1.807) is 6.92 Å². The molecule has 0 amide bonds. The van der Waals surface area contributed by atoms with Crippen molar-refractivity contribution in [2.24, 2.45) is 0 Å². The number of carbonyl (C=O) groups excluding carboxylic acids is 1. The summed E-state index contributed by atoms with van der Waals surface area (Å²) < 4.78 is 15.6. The standard InChI is InChI=1S/C23H14FN7OS/c1-11(32)16-5-6-17(33-16)13-3-2-4-14-21(13)29-23(28-14)22-18-15(30-31-22)9-27-20(19(18)24)12-7-25-10-26-8-12/h2-10H,1H3,(H,28,29)(H,30,31). The number of ketones is 1. The number of imidazole rings is 1. The molecule has 5 heterocycles. The Labute approximate surface area is 189 Å². The van der Waals surface area contributed by atoms with Gasteiger partial charge >= 0.3 is 0 Å². The van der Waals surface area contributed by atoms with Crippen molar-refractivity contribution in [3.63, 3.8) is 0 Å². The Kier molecular flexibility index (Phi) is 4.34. The number of halogens is 1. The van der Waals surface area contributed by atoms with Gasteiger partial charge in [-0.05, 0) is 25.1 Å². The van der Waals surface area contributed by atoms with Crippen LogP contribution >= 0.6 is 11.3 Å². The molecule has 0 spiro atoms. The van der Waals surface area contributed by atoms with Crippen LogP contribution in [-0.4, -0.2) is 40.9 Å². The zero-order valence-corrected chi connectivity index (χ0v) is 17.9. The molecule has 0 atom stereocenters. The summed E-state index contributed by atoms with van der Waals surface area (Å²) in [4.78, 5) is 33.5. The third kappa shape index (κ3) is 3.11. The van der Waals surface area contributed by atoms with Crippen LogP contribution in [0.5, 0.6) is 0 Å². The number of nitrogens with one attached hydrogen (secondary N) is 2. The third-order valence-corrected chi connectivity index (χ3v) is 6.55. The van der Waals surface area contributed by atoms with Crippen LogP contribution in [0.3, 0.4) is 0 Å². The zero-order valence-electron chi connectivity index (χ0n) is 17.1. The van der Waals surface area contributed by atoms with Crippen molar-refractivity contribution >= 4 is 39.1 Å². The number of H-pyrrole nitrogens is 2. The van der Waals surface area contributed by atoms with Crippen LogP contribution < -0.4 is 0 Å². The minimum atomic E-state index is -0.531. The number of thiophene rings is 1. The molecule has 6 rings (SSSR count). The van der Waals surface area contributed by atoms with E-state index in [1.165, 1.54) is 36.3 Å². The maximum atomic E-state index is 15.6. The summed E-state index contributed by atoms with van der Waals surface area (Å²) in [5.41, 5.74) is 3.78. The van der Waals surface area contributed by atoms with Gasteiger partial charge in [-0.3, -0.25) is 14.9 Å². The van der Waals surface area contributed by atoms with E-state index in [1.807, 2.05) is 30.3 Å². The molecule has 2 N–H and O–H groups in total. The van der Waals surface area contributed by atoms with E-state index in [0.717, 1.165) is 16.0 Å². The van der Waals surface area contributed by atoms with E-state index < -0.39 is 5.82 Å². The fraction of sp³-hybridized carbons (Fsp3) is 0.0435. The molecule has 0 bridgehead atoms. The Balaban J connectivity index is 1.52.